The number of nitrogens with one attached hydrogen (secondary N) is 1. The molecular formula is C22H29N3O3. The number of hydrogen-bond donors (Lipinski definition) is 2. The van der Waals surface area contributed by atoms with Gasteiger partial charge in [-0.15, -0.1) is 0 Å². The van der Waals surface area contributed by atoms with Crippen LogP contribution in [0.25, 0.3) is 0 Å². The summed E-state index contributed by atoms with van der Waals surface area (Å²) in [4.78, 5) is 14.8. The first-order chi connectivity index (χ1) is 13.5. The van der Waals surface area contributed by atoms with E-state index in [4.69, 9.17) is 4.74 Å². The van der Waals surface area contributed by atoms with Gasteiger partial charge in [0.2, 0.25) is 0 Å². The molecule has 1 fully saturated rings. The zero-order valence-electron chi connectivity index (χ0n) is 16.8. The van der Waals surface area contributed by atoms with Crippen molar-refractivity contribution >= 4 is 5.91 Å². The van der Waals surface area contributed by atoms with E-state index in [1.54, 1.807) is 4.90 Å². The molecule has 1 saturated heterocycles. The molecule has 2 heterocycles. The van der Waals surface area contributed by atoms with Crippen molar-refractivity contribution in [1.82, 2.24) is 15.1 Å². The number of hydrogen-bond acceptors (Lipinski definition) is 4. The van der Waals surface area contributed by atoms with E-state index in [1.165, 1.54) is 5.56 Å². The minimum Gasteiger partial charge on any atom is -0.491 e. The van der Waals surface area contributed by atoms with Crippen LogP contribution in [0.5, 0.6) is 5.75 Å². The molecule has 0 spiro atoms. The zero-order valence-corrected chi connectivity index (χ0v) is 16.8. The largest absolute Gasteiger partial charge is 0.491 e. The third-order valence-corrected chi connectivity index (χ3v) is 6.09. The van der Waals surface area contributed by atoms with Gasteiger partial charge in [-0.1, -0.05) is 6.07 Å². The number of nitrogens with zero attached hydrogens (tertiary/aromatic N) is 2. The molecule has 2 aliphatic rings. The summed E-state index contributed by atoms with van der Waals surface area (Å²) in [5.41, 5.74) is 4.03. The number of amides is 1. The lowest BCUT2D eigenvalue weighted by Gasteiger charge is -2.38. The van der Waals surface area contributed by atoms with Gasteiger partial charge in [0.25, 0.3) is 5.91 Å². The van der Waals surface area contributed by atoms with Gasteiger partial charge in [0.05, 0.1) is 6.54 Å². The molecule has 1 aliphatic carbocycles. The minimum absolute atomic E-state index is 0.0799. The van der Waals surface area contributed by atoms with E-state index in [1.807, 2.05) is 25.1 Å². The van der Waals surface area contributed by atoms with Crippen LogP contribution in [0, 0.1) is 13.8 Å². The molecule has 1 aromatic heterocycles. The molecule has 2 aromatic rings. The Labute approximate surface area is 165 Å². The maximum absolute atomic E-state index is 13.1. The van der Waals surface area contributed by atoms with Crippen molar-refractivity contribution in [2.75, 3.05) is 19.7 Å². The Bertz CT molecular complexity index is 876. The first-order valence-corrected chi connectivity index (χ1v) is 10.2. The molecule has 0 radical (unpaired) electrons. The number of ether oxygens (including phenoxy) is 1. The van der Waals surface area contributed by atoms with Crippen LogP contribution in [0.1, 0.15) is 58.6 Å². The highest BCUT2D eigenvalue weighted by molar-refractivity contribution is 5.94. The number of carbonyl (C=O) groups is 1. The first-order valence-electron chi connectivity index (χ1n) is 10.2. The Hall–Kier alpha value is -2.34. The number of rotatable bonds is 4. The number of aryl methyl sites for hydroxylation is 3. The number of benzene rings is 1. The molecule has 0 saturated carbocycles. The van der Waals surface area contributed by atoms with Crippen LogP contribution < -0.4 is 4.74 Å². The third kappa shape index (κ3) is 3.78. The van der Waals surface area contributed by atoms with E-state index >= 15 is 0 Å². The smallest absolute Gasteiger partial charge is 0.274 e. The van der Waals surface area contributed by atoms with Gasteiger partial charge in [0.1, 0.15) is 18.0 Å². The molecule has 1 aromatic carbocycles. The van der Waals surface area contributed by atoms with Crippen molar-refractivity contribution in [2.24, 2.45) is 0 Å². The minimum atomic E-state index is -1.04. The molecule has 2 N–H and O–H groups in total. The van der Waals surface area contributed by atoms with Crippen LogP contribution in [0.15, 0.2) is 18.2 Å². The van der Waals surface area contributed by atoms with Crippen LogP contribution in [-0.2, 0) is 12.8 Å². The Morgan fingerprint density at radius 3 is 2.89 bits per heavy atom. The van der Waals surface area contributed by atoms with Gasteiger partial charge in [-0.3, -0.25) is 9.89 Å². The molecule has 1 atom stereocenters. The predicted octanol–water partition coefficient (Wildman–Crippen LogP) is 2.95. The summed E-state index contributed by atoms with van der Waals surface area (Å²) in [5.74, 6) is 0.671. The molecule has 0 bridgehead atoms. The molecule has 150 valence electrons. The molecule has 4 rings (SSSR count). The number of carbonyl (C=O) groups excluding carboxylic acids is 1. The summed E-state index contributed by atoms with van der Waals surface area (Å²) < 4.78 is 5.88. The van der Waals surface area contributed by atoms with Gasteiger partial charge < -0.3 is 14.7 Å². The standard InChI is InChI=1S/C22H29N3O3/c1-15-8-9-17(12-16(15)2)28-14-22(27)10-5-11-25(13-22)21(26)20-18-6-3-4-7-19(18)23-24-20/h8-9,12,27H,3-7,10-11,13-14H2,1-2H3,(H,23,24). The number of fused-ring (bicyclic) bond motifs is 1. The summed E-state index contributed by atoms with van der Waals surface area (Å²) >= 11 is 0. The van der Waals surface area contributed by atoms with Crippen LogP contribution in [0.4, 0.5) is 0 Å². The summed E-state index contributed by atoms with van der Waals surface area (Å²) in [7, 11) is 0. The topological polar surface area (TPSA) is 78.5 Å². The number of aromatic amines is 1. The fourth-order valence-electron chi connectivity index (χ4n) is 4.23. The second-order valence-corrected chi connectivity index (χ2v) is 8.33. The normalized spacial score (nSPS) is 22.0. The Balaban J connectivity index is 1.43. The van der Waals surface area contributed by atoms with Gasteiger partial charge in [0.15, 0.2) is 5.69 Å². The maximum atomic E-state index is 13.1. The molecule has 28 heavy (non-hydrogen) atoms. The van der Waals surface area contributed by atoms with Crippen molar-refractivity contribution in [2.45, 2.75) is 58.0 Å². The van der Waals surface area contributed by atoms with Crippen LogP contribution >= 0.6 is 0 Å². The second-order valence-electron chi connectivity index (χ2n) is 8.33. The van der Waals surface area contributed by atoms with E-state index in [-0.39, 0.29) is 19.1 Å². The van der Waals surface area contributed by atoms with Crippen molar-refractivity contribution < 1.29 is 14.6 Å². The van der Waals surface area contributed by atoms with Gasteiger partial charge >= 0.3 is 0 Å². The quantitative estimate of drug-likeness (QED) is 0.851. The zero-order chi connectivity index (χ0) is 19.7. The number of piperidine rings is 1. The number of likely N-dealkylation sites (tertiary alicyclic amines) is 1. The summed E-state index contributed by atoms with van der Waals surface area (Å²) in [6, 6.07) is 5.93. The fraction of sp³-hybridized carbons (Fsp3) is 0.545. The van der Waals surface area contributed by atoms with Crippen molar-refractivity contribution in [3.63, 3.8) is 0 Å². The molecule has 1 unspecified atom stereocenters. The summed E-state index contributed by atoms with van der Waals surface area (Å²) in [6.45, 7) is 5.20. The number of aliphatic hydroxyl groups is 1. The average molecular weight is 383 g/mol. The van der Waals surface area contributed by atoms with Crippen LogP contribution in [-0.4, -0.2) is 51.4 Å². The van der Waals surface area contributed by atoms with Gasteiger partial charge in [-0.25, -0.2) is 0 Å². The molecule has 6 heteroatoms. The van der Waals surface area contributed by atoms with Crippen LogP contribution in [0.2, 0.25) is 0 Å². The molecular weight excluding hydrogens is 354 g/mol. The highest BCUT2D eigenvalue weighted by Gasteiger charge is 2.37. The average Bonchev–Trinajstić information content (AvgIpc) is 3.12. The van der Waals surface area contributed by atoms with Crippen molar-refractivity contribution in [3.8, 4) is 5.75 Å². The highest BCUT2D eigenvalue weighted by atomic mass is 16.5. The fourth-order valence-corrected chi connectivity index (χ4v) is 4.23. The predicted molar refractivity (Wildman–Crippen MR) is 107 cm³/mol. The van der Waals surface area contributed by atoms with Crippen molar-refractivity contribution in [3.05, 3.63) is 46.3 Å². The van der Waals surface area contributed by atoms with E-state index < -0.39 is 5.60 Å². The number of β-amino-alcohol motifs (C(OH)–C–C–N with tert-alkyl or cyclic N) is 1. The Kier molecular flexibility index (Phi) is 5.15. The third-order valence-electron chi connectivity index (χ3n) is 6.09. The van der Waals surface area contributed by atoms with Gasteiger partial charge in [-0.2, -0.15) is 5.10 Å². The first kappa shape index (κ1) is 19.0. The van der Waals surface area contributed by atoms with E-state index in [9.17, 15) is 9.90 Å². The lowest BCUT2D eigenvalue weighted by Crippen LogP contribution is -2.53. The Morgan fingerprint density at radius 2 is 2.07 bits per heavy atom. The Morgan fingerprint density at radius 1 is 1.25 bits per heavy atom. The van der Waals surface area contributed by atoms with Gasteiger partial charge in [-0.05, 0) is 75.6 Å². The molecule has 1 aliphatic heterocycles. The highest BCUT2D eigenvalue weighted by Crippen LogP contribution is 2.27. The summed E-state index contributed by atoms with van der Waals surface area (Å²) in [5, 5.41) is 18.4. The van der Waals surface area contributed by atoms with Crippen LogP contribution in [0.3, 0.4) is 0 Å². The lowest BCUT2D eigenvalue weighted by atomic mass is 9.92. The lowest BCUT2D eigenvalue weighted by molar-refractivity contribution is -0.0533. The van der Waals surface area contributed by atoms with Crippen molar-refractivity contribution in [1.29, 1.82) is 0 Å². The monoisotopic (exact) mass is 383 g/mol. The molecule has 1 amide bonds. The number of aromatic nitrogens is 2. The summed E-state index contributed by atoms with van der Waals surface area (Å²) in [6.07, 6.45) is 5.48. The SMILES string of the molecule is Cc1ccc(OCC2(O)CCCN(C(=O)c3n[nH]c4c3CCCC4)C2)cc1C. The second kappa shape index (κ2) is 7.59. The maximum Gasteiger partial charge on any atom is 0.274 e. The van der Waals surface area contributed by atoms with E-state index in [2.05, 4.69) is 17.1 Å². The number of H-pyrrole nitrogens is 1. The molecule has 6 nitrogen and oxygen atoms in total. The van der Waals surface area contributed by atoms with Gasteiger partial charge in [0, 0.05) is 17.8 Å². The van der Waals surface area contributed by atoms with E-state index in [0.29, 0.717) is 18.7 Å². The van der Waals surface area contributed by atoms with E-state index in [0.717, 1.165) is 54.7 Å².